The molecule has 0 aromatic rings. The molecule has 0 rings (SSSR count). The first kappa shape index (κ1) is 13.3. The van der Waals surface area contributed by atoms with Crippen molar-refractivity contribution in [1.82, 2.24) is 5.32 Å². The molecule has 0 saturated carbocycles. The van der Waals surface area contributed by atoms with Gasteiger partial charge in [0.25, 0.3) is 0 Å². The van der Waals surface area contributed by atoms with Gasteiger partial charge < -0.3 is 0 Å². The van der Waals surface area contributed by atoms with Crippen LogP contribution in [0, 0.1) is 0 Å². The molecule has 78 valence electrons. The number of nitrogens with one attached hydrogen (secondary N) is 1. The molecule has 1 N–H and O–H groups in total. The second kappa shape index (κ2) is 4.67. The van der Waals surface area contributed by atoms with E-state index in [1.54, 1.807) is 0 Å². The van der Waals surface area contributed by atoms with Crippen molar-refractivity contribution in [2.24, 2.45) is 0 Å². The number of amides is 1. The zero-order valence-corrected chi connectivity index (χ0v) is 12.7. The fourth-order valence-electron chi connectivity index (χ4n) is 1.25. The monoisotopic (exact) mass is 293 g/mol. The normalized spacial score (nSPS) is 12.8. The van der Waals surface area contributed by atoms with Gasteiger partial charge >= 0.3 is 86.4 Å². The Labute approximate surface area is 86.4 Å². The van der Waals surface area contributed by atoms with Crippen molar-refractivity contribution in [1.29, 1.82) is 0 Å². The number of hydrogen-bond acceptors (Lipinski definition) is 1. The fraction of sp³-hybridized carbons (Fsp3) is 0.900. The molecule has 1 amide bonds. The van der Waals surface area contributed by atoms with Crippen LogP contribution in [0.5, 0.6) is 0 Å². The molecule has 0 aromatic heterocycles. The maximum absolute atomic E-state index is 11.9. The minimum atomic E-state index is -2.40. The van der Waals surface area contributed by atoms with Gasteiger partial charge in [0.05, 0.1) is 0 Å². The molecule has 0 unspecified atom stereocenters. The summed E-state index contributed by atoms with van der Waals surface area (Å²) in [6.45, 7) is 8.28. The van der Waals surface area contributed by atoms with E-state index in [0.717, 1.165) is 10.9 Å². The fourth-order valence-corrected chi connectivity index (χ4v) is 7.50. The summed E-state index contributed by atoms with van der Waals surface area (Å²) < 4.78 is 1.51. The molecule has 0 aliphatic carbocycles. The first-order chi connectivity index (χ1) is 5.69. The van der Waals surface area contributed by atoms with Gasteiger partial charge in [-0.25, -0.2) is 0 Å². The summed E-state index contributed by atoms with van der Waals surface area (Å²) in [5, 5.41) is 3.10. The van der Waals surface area contributed by atoms with Crippen LogP contribution in [0.25, 0.3) is 0 Å². The van der Waals surface area contributed by atoms with Gasteiger partial charge in [-0.2, -0.15) is 0 Å². The third kappa shape index (κ3) is 5.55. The molecular weight excluding hydrogens is 269 g/mol. The van der Waals surface area contributed by atoms with E-state index in [4.69, 9.17) is 0 Å². The minimum absolute atomic E-state index is 0.0704. The molecule has 0 fully saturated rings. The predicted octanol–water partition coefficient (Wildman–Crippen LogP) is 3.19. The van der Waals surface area contributed by atoms with Gasteiger partial charge in [-0.1, -0.05) is 0 Å². The standard InChI is InChI=1S/C5H10NO.C3H7.2CH3.Sn/c1-5(2,3)6-4-7;1-3-2;;;/h1-3H3,(H,6,7);1,3H2,2H3;2*1H3;. The van der Waals surface area contributed by atoms with Gasteiger partial charge in [-0.3, -0.25) is 0 Å². The molecule has 0 saturated heterocycles. The third-order valence-corrected chi connectivity index (χ3v) is 10.8. The van der Waals surface area contributed by atoms with Crippen molar-refractivity contribution in [3.8, 4) is 0 Å². The summed E-state index contributed by atoms with van der Waals surface area (Å²) in [6.07, 6.45) is 1.14. The first-order valence-electron chi connectivity index (χ1n) is 5.01. The Morgan fingerprint density at radius 2 is 1.77 bits per heavy atom. The van der Waals surface area contributed by atoms with E-state index in [9.17, 15) is 4.79 Å². The van der Waals surface area contributed by atoms with Crippen molar-refractivity contribution >= 4 is 22.3 Å². The average molecular weight is 292 g/mol. The molecule has 0 bridgehead atoms. The van der Waals surface area contributed by atoms with Gasteiger partial charge in [-0.05, 0) is 0 Å². The third-order valence-electron chi connectivity index (χ3n) is 1.98. The van der Waals surface area contributed by atoms with Gasteiger partial charge in [0.1, 0.15) is 0 Å². The summed E-state index contributed by atoms with van der Waals surface area (Å²) in [7, 11) is 0. The van der Waals surface area contributed by atoms with Crippen LogP contribution >= 0.6 is 0 Å². The summed E-state index contributed by atoms with van der Waals surface area (Å²) in [4.78, 5) is 16.3. The van der Waals surface area contributed by atoms with Gasteiger partial charge in [-0.15, -0.1) is 0 Å². The van der Waals surface area contributed by atoms with E-state index in [-0.39, 0.29) is 5.54 Å². The summed E-state index contributed by atoms with van der Waals surface area (Å²) in [5.74, 6) is 0. The molecule has 2 nitrogen and oxygen atoms in total. The van der Waals surface area contributed by atoms with Crippen molar-refractivity contribution in [3.05, 3.63) is 0 Å². The van der Waals surface area contributed by atoms with Gasteiger partial charge in [0.15, 0.2) is 0 Å². The average Bonchev–Trinajstić information content (AvgIpc) is 1.82. The Bertz CT molecular complexity index is 182. The van der Waals surface area contributed by atoms with Crippen molar-refractivity contribution < 1.29 is 4.79 Å². The maximum atomic E-state index is 11.9. The zero-order valence-electron chi connectivity index (χ0n) is 9.82. The Morgan fingerprint density at radius 3 is 2.08 bits per heavy atom. The number of carbonyl (C=O) groups excluding carboxylic acids is 1. The van der Waals surface area contributed by atoms with E-state index in [2.05, 4.69) is 22.1 Å². The summed E-state index contributed by atoms with van der Waals surface area (Å²) in [5.41, 5.74) is -0.0704. The Balaban J connectivity index is 4.25. The first-order valence-corrected chi connectivity index (χ1v) is 14.2. The van der Waals surface area contributed by atoms with Crippen LogP contribution < -0.4 is 5.32 Å². The molecule has 3 heteroatoms. The van der Waals surface area contributed by atoms with Crippen LogP contribution in [0.1, 0.15) is 34.1 Å². The van der Waals surface area contributed by atoms with Crippen molar-refractivity contribution in [3.63, 3.8) is 0 Å². The van der Waals surface area contributed by atoms with E-state index >= 15 is 0 Å². The molecule has 0 atom stereocenters. The van der Waals surface area contributed by atoms with Crippen LogP contribution in [0.15, 0.2) is 0 Å². The van der Waals surface area contributed by atoms with Crippen LogP contribution in [-0.4, -0.2) is 27.8 Å². The number of hydrogen-bond donors (Lipinski definition) is 1. The molecule has 13 heavy (non-hydrogen) atoms. The van der Waals surface area contributed by atoms with Crippen molar-refractivity contribution in [2.75, 3.05) is 0 Å². The molecule has 0 radical (unpaired) electrons. The second-order valence-corrected chi connectivity index (χ2v) is 18.8. The molecule has 0 heterocycles. The van der Waals surface area contributed by atoms with E-state index < -0.39 is 18.4 Å². The van der Waals surface area contributed by atoms with Crippen LogP contribution in [0.2, 0.25) is 14.3 Å². The zero-order chi connectivity index (χ0) is 10.7. The number of rotatable bonds is 3. The van der Waals surface area contributed by atoms with Gasteiger partial charge in [0, 0.05) is 0 Å². The van der Waals surface area contributed by atoms with E-state index in [0.29, 0.717) is 3.92 Å². The summed E-state index contributed by atoms with van der Waals surface area (Å²) in [6, 6.07) is 0. The van der Waals surface area contributed by atoms with Crippen LogP contribution in [0.3, 0.4) is 0 Å². The Kier molecular flexibility index (Phi) is 4.76. The molecular formula is C10H23NOSn. The molecule has 0 aliphatic heterocycles. The topological polar surface area (TPSA) is 29.1 Å². The van der Waals surface area contributed by atoms with Crippen LogP contribution in [-0.2, 0) is 0 Å². The van der Waals surface area contributed by atoms with Gasteiger partial charge in [0.2, 0.25) is 0 Å². The molecule has 0 spiro atoms. The predicted molar refractivity (Wildman–Crippen MR) is 60.9 cm³/mol. The second-order valence-electron chi connectivity index (χ2n) is 5.34. The Hall–Kier alpha value is 0.269. The summed E-state index contributed by atoms with van der Waals surface area (Å²) >= 11 is -2.40. The SMILES string of the molecule is CC[CH2][Sn]([CH3])([CH3])[C](=O)NC(C)(C)C. The van der Waals surface area contributed by atoms with Crippen molar-refractivity contribution in [2.45, 2.75) is 54.0 Å². The molecule has 0 aromatic carbocycles. The Morgan fingerprint density at radius 1 is 1.31 bits per heavy atom. The molecule has 0 aliphatic rings. The quantitative estimate of drug-likeness (QED) is 0.795. The van der Waals surface area contributed by atoms with Crippen LogP contribution in [0.4, 0.5) is 4.79 Å². The van der Waals surface area contributed by atoms with E-state index in [1.807, 2.05) is 20.8 Å². The number of carbonyl (C=O) groups is 1. The van der Waals surface area contributed by atoms with E-state index in [1.165, 1.54) is 0 Å².